The summed E-state index contributed by atoms with van der Waals surface area (Å²) in [4.78, 5) is 14.6. The number of hydrogen-bond acceptors (Lipinski definition) is 2. The van der Waals surface area contributed by atoms with Crippen LogP contribution in [-0.4, -0.2) is 30.3 Å². The zero-order chi connectivity index (χ0) is 13.2. The lowest BCUT2D eigenvalue weighted by Crippen LogP contribution is -2.42. The number of likely N-dealkylation sites (tertiary alicyclic amines) is 1. The number of benzene rings is 1. The predicted octanol–water partition coefficient (Wildman–Crippen LogP) is 3.30. The number of ketones is 1. The molecule has 2 nitrogen and oxygen atoms in total. The van der Waals surface area contributed by atoms with E-state index < -0.39 is 0 Å². The van der Waals surface area contributed by atoms with Crippen molar-refractivity contribution < 1.29 is 4.79 Å². The number of carbonyl (C=O) groups excluding carboxylic acids is 1. The van der Waals surface area contributed by atoms with Crippen LogP contribution >= 0.6 is 0 Å². The lowest BCUT2D eigenvalue weighted by Gasteiger charge is -2.37. The molecule has 1 saturated heterocycles. The Balaban J connectivity index is 2.02. The summed E-state index contributed by atoms with van der Waals surface area (Å²) in [6.07, 6.45) is 2.47. The molecule has 0 amide bonds. The highest BCUT2D eigenvalue weighted by Gasteiger charge is 2.27. The molecule has 0 spiro atoms. The quantitative estimate of drug-likeness (QED) is 0.762. The van der Waals surface area contributed by atoms with E-state index in [0.29, 0.717) is 12.0 Å². The van der Waals surface area contributed by atoms with Crippen LogP contribution in [0.15, 0.2) is 24.3 Å². The van der Waals surface area contributed by atoms with Crippen molar-refractivity contribution in [3.63, 3.8) is 0 Å². The number of nitrogens with zero attached hydrogens (tertiary/aromatic N) is 1. The molecule has 0 unspecified atom stereocenters. The standard InChI is InChI=1S/C16H23NO/c1-13-7-4-5-8-14(13)15(18)11-17-10-6-9-16(2,3)12-17/h4-5,7-8H,6,9-12H2,1-3H3. The molecule has 0 saturated carbocycles. The smallest absolute Gasteiger partial charge is 0.177 e. The van der Waals surface area contributed by atoms with Gasteiger partial charge in [-0.3, -0.25) is 9.69 Å². The Labute approximate surface area is 110 Å². The summed E-state index contributed by atoms with van der Waals surface area (Å²) < 4.78 is 0. The number of carbonyl (C=O) groups is 1. The zero-order valence-electron chi connectivity index (χ0n) is 11.7. The van der Waals surface area contributed by atoms with E-state index in [2.05, 4.69) is 18.7 Å². The van der Waals surface area contributed by atoms with Gasteiger partial charge in [-0.15, -0.1) is 0 Å². The van der Waals surface area contributed by atoms with E-state index in [9.17, 15) is 4.79 Å². The second kappa shape index (κ2) is 5.23. The van der Waals surface area contributed by atoms with Crippen molar-refractivity contribution in [1.29, 1.82) is 0 Å². The van der Waals surface area contributed by atoms with Crippen LogP contribution in [0.5, 0.6) is 0 Å². The fourth-order valence-corrected chi connectivity index (χ4v) is 2.85. The van der Waals surface area contributed by atoms with Crippen LogP contribution in [0.25, 0.3) is 0 Å². The van der Waals surface area contributed by atoms with E-state index in [4.69, 9.17) is 0 Å². The molecule has 1 aromatic carbocycles. The van der Waals surface area contributed by atoms with Crippen molar-refractivity contribution in [3.05, 3.63) is 35.4 Å². The van der Waals surface area contributed by atoms with Gasteiger partial charge in [-0.1, -0.05) is 38.1 Å². The minimum atomic E-state index is 0.255. The molecule has 0 N–H and O–H groups in total. The Morgan fingerprint density at radius 3 is 2.72 bits per heavy atom. The summed E-state index contributed by atoms with van der Waals surface area (Å²) >= 11 is 0. The van der Waals surface area contributed by atoms with Crippen LogP contribution in [0.4, 0.5) is 0 Å². The molecule has 1 aliphatic rings. The van der Waals surface area contributed by atoms with Gasteiger partial charge in [-0.25, -0.2) is 0 Å². The highest BCUT2D eigenvalue weighted by Crippen LogP contribution is 2.28. The van der Waals surface area contributed by atoms with Crippen LogP contribution in [0.1, 0.15) is 42.6 Å². The third-order valence-electron chi connectivity index (χ3n) is 3.79. The second-order valence-electron chi connectivity index (χ2n) is 6.22. The Morgan fingerprint density at radius 1 is 1.33 bits per heavy atom. The maximum absolute atomic E-state index is 12.3. The third-order valence-corrected chi connectivity index (χ3v) is 3.79. The van der Waals surface area contributed by atoms with Crippen molar-refractivity contribution >= 4 is 5.78 Å². The normalized spacial score (nSPS) is 19.7. The molecule has 0 bridgehead atoms. The van der Waals surface area contributed by atoms with E-state index in [0.717, 1.165) is 24.2 Å². The van der Waals surface area contributed by atoms with Gasteiger partial charge in [0.1, 0.15) is 0 Å². The van der Waals surface area contributed by atoms with Gasteiger partial charge in [0.25, 0.3) is 0 Å². The molecule has 98 valence electrons. The minimum absolute atomic E-state index is 0.255. The van der Waals surface area contributed by atoms with E-state index in [1.165, 1.54) is 12.8 Å². The lowest BCUT2D eigenvalue weighted by molar-refractivity contribution is 0.0809. The predicted molar refractivity (Wildman–Crippen MR) is 75.0 cm³/mol. The molecule has 2 rings (SSSR count). The average molecular weight is 245 g/mol. The Hall–Kier alpha value is -1.15. The highest BCUT2D eigenvalue weighted by atomic mass is 16.1. The largest absolute Gasteiger partial charge is 0.295 e. The van der Waals surface area contributed by atoms with Crippen LogP contribution < -0.4 is 0 Å². The maximum Gasteiger partial charge on any atom is 0.177 e. The van der Waals surface area contributed by atoms with Gasteiger partial charge in [-0.05, 0) is 37.3 Å². The molecule has 2 heteroatoms. The molecule has 18 heavy (non-hydrogen) atoms. The van der Waals surface area contributed by atoms with Gasteiger partial charge >= 0.3 is 0 Å². The number of hydrogen-bond donors (Lipinski definition) is 0. The summed E-state index contributed by atoms with van der Waals surface area (Å²) in [5, 5.41) is 0. The number of piperidine rings is 1. The molecule has 1 heterocycles. The first kappa shape index (κ1) is 13.3. The highest BCUT2D eigenvalue weighted by molar-refractivity contribution is 5.98. The molecule has 1 aliphatic heterocycles. The van der Waals surface area contributed by atoms with Gasteiger partial charge < -0.3 is 0 Å². The molecule has 1 aromatic rings. The van der Waals surface area contributed by atoms with Crippen LogP contribution in [0.2, 0.25) is 0 Å². The minimum Gasteiger partial charge on any atom is -0.295 e. The molecule has 0 aliphatic carbocycles. The number of Topliss-reactive ketones (excluding diaryl/α,β-unsaturated/α-hetero) is 1. The summed E-state index contributed by atoms with van der Waals surface area (Å²) in [5.74, 6) is 0.255. The first-order chi connectivity index (χ1) is 8.48. The number of rotatable bonds is 3. The monoisotopic (exact) mass is 245 g/mol. The fourth-order valence-electron chi connectivity index (χ4n) is 2.85. The van der Waals surface area contributed by atoms with Crippen molar-refractivity contribution in [1.82, 2.24) is 4.90 Å². The van der Waals surface area contributed by atoms with Gasteiger partial charge in [-0.2, -0.15) is 0 Å². The van der Waals surface area contributed by atoms with Crippen LogP contribution in [0.3, 0.4) is 0 Å². The molecular formula is C16H23NO. The van der Waals surface area contributed by atoms with Gasteiger partial charge in [0, 0.05) is 12.1 Å². The third kappa shape index (κ3) is 3.20. The Bertz CT molecular complexity index is 436. The lowest BCUT2D eigenvalue weighted by atomic mass is 9.84. The maximum atomic E-state index is 12.3. The fraction of sp³-hybridized carbons (Fsp3) is 0.562. The summed E-state index contributed by atoms with van der Waals surface area (Å²) in [5.41, 5.74) is 2.31. The van der Waals surface area contributed by atoms with Crippen molar-refractivity contribution in [2.24, 2.45) is 5.41 Å². The molecule has 0 atom stereocenters. The van der Waals surface area contributed by atoms with E-state index >= 15 is 0 Å². The summed E-state index contributed by atoms with van der Waals surface area (Å²) in [6, 6.07) is 7.87. The van der Waals surface area contributed by atoms with Crippen LogP contribution in [-0.2, 0) is 0 Å². The van der Waals surface area contributed by atoms with E-state index in [1.807, 2.05) is 31.2 Å². The molecular weight excluding hydrogens is 222 g/mol. The molecule has 0 radical (unpaired) electrons. The summed E-state index contributed by atoms with van der Waals surface area (Å²) in [7, 11) is 0. The van der Waals surface area contributed by atoms with Crippen molar-refractivity contribution in [3.8, 4) is 0 Å². The zero-order valence-corrected chi connectivity index (χ0v) is 11.7. The van der Waals surface area contributed by atoms with E-state index in [1.54, 1.807) is 0 Å². The molecule has 1 fully saturated rings. The topological polar surface area (TPSA) is 20.3 Å². The number of aryl methyl sites for hydroxylation is 1. The summed E-state index contributed by atoms with van der Waals surface area (Å²) in [6.45, 7) is 9.24. The van der Waals surface area contributed by atoms with Gasteiger partial charge in [0.05, 0.1) is 6.54 Å². The first-order valence-electron chi connectivity index (χ1n) is 6.79. The van der Waals surface area contributed by atoms with E-state index in [-0.39, 0.29) is 5.78 Å². The van der Waals surface area contributed by atoms with Gasteiger partial charge in [0.2, 0.25) is 0 Å². The SMILES string of the molecule is Cc1ccccc1C(=O)CN1CCCC(C)(C)C1. The second-order valence-corrected chi connectivity index (χ2v) is 6.22. The Morgan fingerprint density at radius 2 is 2.06 bits per heavy atom. The molecule has 0 aromatic heterocycles. The average Bonchev–Trinajstić information content (AvgIpc) is 2.28. The van der Waals surface area contributed by atoms with Crippen molar-refractivity contribution in [2.75, 3.05) is 19.6 Å². The van der Waals surface area contributed by atoms with Gasteiger partial charge in [0.15, 0.2) is 5.78 Å². The van der Waals surface area contributed by atoms with Crippen LogP contribution in [0, 0.1) is 12.3 Å². The first-order valence-corrected chi connectivity index (χ1v) is 6.79. The van der Waals surface area contributed by atoms with Crippen molar-refractivity contribution in [2.45, 2.75) is 33.6 Å². The Kier molecular flexibility index (Phi) is 3.86.